The first-order valence-corrected chi connectivity index (χ1v) is 8.35. The van der Waals surface area contributed by atoms with Gasteiger partial charge in [-0.1, -0.05) is 17.8 Å². The second kappa shape index (κ2) is 6.75. The lowest BCUT2D eigenvalue weighted by Crippen LogP contribution is -2.23. The predicted octanol–water partition coefficient (Wildman–Crippen LogP) is 3.14. The minimum atomic E-state index is -0.827. The number of nitrogens with zero attached hydrogens (tertiary/aromatic N) is 4. The minimum Gasteiger partial charge on any atom is -0.320 e. The average molecular weight is 363 g/mol. The topological polar surface area (TPSA) is 72.2 Å². The van der Waals surface area contributed by atoms with Gasteiger partial charge in [0.15, 0.2) is 0 Å². The monoisotopic (exact) mass is 363 g/mol. The van der Waals surface area contributed by atoms with Crippen LogP contribution in [0.25, 0.3) is 5.78 Å². The van der Waals surface area contributed by atoms with E-state index in [9.17, 15) is 13.6 Å². The molecule has 0 spiro atoms. The fraction of sp³-hybridized carbons (Fsp3) is 0.250. The van der Waals surface area contributed by atoms with Crippen molar-refractivity contribution >= 4 is 29.1 Å². The summed E-state index contributed by atoms with van der Waals surface area (Å²) in [5.41, 5.74) is 1.22. The van der Waals surface area contributed by atoms with Crippen LogP contribution in [0.1, 0.15) is 18.3 Å². The van der Waals surface area contributed by atoms with E-state index in [0.29, 0.717) is 10.9 Å². The highest BCUT2D eigenvalue weighted by atomic mass is 32.2. The molecular weight excluding hydrogens is 348 g/mol. The maximum Gasteiger partial charge on any atom is 0.253 e. The highest BCUT2D eigenvalue weighted by Crippen LogP contribution is 2.24. The van der Waals surface area contributed by atoms with E-state index in [-0.39, 0.29) is 0 Å². The number of carbonyl (C=O) groups is 1. The molecule has 6 nitrogen and oxygen atoms in total. The summed E-state index contributed by atoms with van der Waals surface area (Å²) < 4.78 is 28.8. The smallest absolute Gasteiger partial charge is 0.253 e. The number of hydrogen-bond donors (Lipinski definition) is 1. The van der Waals surface area contributed by atoms with E-state index < -0.39 is 28.5 Å². The van der Waals surface area contributed by atoms with Crippen molar-refractivity contribution in [3.05, 3.63) is 47.3 Å². The second-order valence-corrected chi connectivity index (χ2v) is 6.80. The highest BCUT2D eigenvalue weighted by molar-refractivity contribution is 8.00. The minimum absolute atomic E-state index is 0.359. The van der Waals surface area contributed by atoms with E-state index in [0.717, 1.165) is 35.3 Å². The maximum atomic E-state index is 13.6. The Morgan fingerprint density at radius 2 is 1.92 bits per heavy atom. The maximum absolute atomic E-state index is 13.6. The first kappa shape index (κ1) is 17.3. The number of thioether (sulfide) groups is 1. The Kier molecular flexibility index (Phi) is 4.67. The second-order valence-electron chi connectivity index (χ2n) is 5.49. The number of carbonyl (C=O) groups excluding carboxylic acids is 1. The molecule has 0 aliphatic heterocycles. The Morgan fingerprint density at radius 3 is 2.60 bits per heavy atom. The Balaban J connectivity index is 1.76. The third-order valence-electron chi connectivity index (χ3n) is 3.46. The zero-order valence-electron chi connectivity index (χ0n) is 13.7. The van der Waals surface area contributed by atoms with Gasteiger partial charge in [-0.05, 0) is 39.0 Å². The van der Waals surface area contributed by atoms with E-state index in [1.54, 1.807) is 11.4 Å². The van der Waals surface area contributed by atoms with Crippen LogP contribution >= 0.6 is 11.8 Å². The third kappa shape index (κ3) is 3.60. The summed E-state index contributed by atoms with van der Waals surface area (Å²) in [7, 11) is 0. The molecule has 0 saturated heterocycles. The third-order valence-corrected chi connectivity index (χ3v) is 4.41. The number of hydrogen-bond acceptors (Lipinski definition) is 5. The first-order chi connectivity index (χ1) is 11.8. The Hall–Kier alpha value is -2.55. The number of fused-ring (bicyclic) bond motifs is 1. The molecule has 3 rings (SSSR count). The van der Waals surface area contributed by atoms with Gasteiger partial charge in [-0.25, -0.2) is 18.3 Å². The summed E-state index contributed by atoms with van der Waals surface area (Å²) in [5.74, 6) is -1.76. The van der Waals surface area contributed by atoms with E-state index in [1.807, 2.05) is 19.9 Å². The molecule has 9 heteroatoms. The van der Waals surface area contributed by atoms with Crippen LogP contribution in [0, 0.1) is 25.5 Å². The molecule has 0 aliphatic carbocycles. The normalized spacial score (nSPS) is 12.4. The van der Waals surface area contributed by atoms with Gasteiger partial charge < -0.3 is 5.32 Å². The van der Waals surface area contributed by atoms with Crippen molar-refractivity contribution in [2.75, 3.05) is 5.32 Å². The van der Waals surface area contributed by atoms with Crippen LogP contribution in [0.2, 0.25) is 0 Å². The fourth-order valence-corrected chi connectivity index (χ4v) is 3.00. The molecule has 1 aromatic carbocycles. The van der Waals surface area contributed by atoms with Crippen molar-refractivity contribution in [2.24, 2.45) is 0 Å². The van der Waals surface area contributed by atoms with Crippen LogP contribution in [0.15, 0.2) is 29.4 Å². The largest absolute Gasteiger partial charge is 0.320 e. The summed E-state index contributed by atoms with van der Waals surface area (Å²) in [6.45, 7) is 5.34. The quantitative estimate of drug-likeness (QED) is 0.721. The van der Waals surface area contributed by atoms with Crippen molar-refractivity contribution in [1.82, 2.24) is 19.6 Å². The number of anilines is 1. The van der Waals surface area contributed by atoms with Crippen LogP contribution in [-0.4, -0.2) is 30.7 Å². The van der Waals surface area contributed by atoms with Crippen molar-refractivity contribution in [3.63, 3.8) is 0 Å². The summed E-state index contributed by atoms with van der Waals surface area (Å²) in [4.78, 5) is 20.8. The number of para-hydroxylation sites is 1. The molecule has 0 bridgehead atoms. The van der Waals surface area contributed by atoms with E-state index in [2.05, 4.69) is 20.4 Å². The lowest BCUT2D eigenvalue weighted by Gasteiger charge is -2.11. The van der Waals surface area contributed by atoms with Gasteiger partial charge in [0, 0.05) is 11.4 Å². The lowest BCUT2D eigenvalue weighted by atomic mass is 10.3. The standard InChI is InChI=1S/C16H15F2N5OS/c1-8-7-9(2)23-15(19-8)21-16(22-23)25-10(3)14(24)20-13-11(17)5-4-6-12(13)18/h4-7,10H,1-3H3,(H,20,24). The number of aryl methyl sites for hydroxylation is 2. The van der Waals surface area contributed by atoms with Gasteiger partial charge in [-0.3, -0.25) is 4.79 Å². The van der Waals surface area contributed by atoms with Gasteiger partial charge in [0.2, 0.25) is 11.1 Å². The molecule has 0 aliphatic rings. The van der Waals surface area contributed by atoms with Crippen LogP contribution in [0.4, 0.5) is 14.5 Å². The van der Waals surface area contributed by atoms with Crippen LogP contribution in [0.3, 0.4) is 0 Å². The van der Waals surface area contributed by atoms with Gasteiger partial charge >= 0.3 is 0 Å². The molecule has 130 valence electrons. The van der Waals surface area contributed by atoms with Crippen LogP contribution < -0.4 is 5.32 Å². The molecule has 0 fully saturated rings. The SMILES string of the molecule is Cc1cc(C)n2nc(SC(C)C(=O)Nc3c(F)cccc3F)nc2n1. The highest BCUT2D eigenvalue weighted by Gasteiger charge is 2.20. The summed E-state index contributed by atoms with van der Waals surface area (Å²) in [5, 5.41) is 6.27. The molecule has 1 N–H and O–H groups in total. The lowest BCUT2D eigenvalue weighted by molar-refractivity contribution is -0.115. The molecule has 1 atom stereocenters. The Bertz CT molecular complexity index is 939. The Morgan fingerprint density at radius 1 is 1.24 bits per heavy atom. The number of aromatic nitrogens is 4. The molecule has 2 heterocycles. The van der Waals surface area contributed by atoms with Gasteiger partial charge in [-0.15, -0.1) is 5.10 Å². The van der Waals surface area contributed by atoms with E-state index in [4.69, 9.17) is 0 Å². The number of halogens is 2. The summed E-state index contributed by atoms with van der Waals surface area (Å²) in [6, 6.07) is 5.26. The fourth-order valence-electron chi connectivity index (χ4n) is 2.25. The molecule has 2 aromatic heterocycles. The molecule has 3 aromatic rings. The molecule has 0 radical (unpaired) electrons. The van der Waals surface area contributed by atoms with Gasteiger partial charge in [0.25, 0.3) is 5.78 Å². The van der Waals surface area contributed by atoms with Gasteiger partial charge in [0.05, 0.1) is 5.25 Å². The number of benzene rings is 1. The van der Waals surface area contributed by atoms with Crippen molar-refractivity contribution in [1.29, 1.82) is 0 Å². The van der Waals surface area contributed by atoms with Gasteiger partial charge in [-0.2, -0.15) is 4.98 Å². The Labute approximate surface area is 146 Å². The van der Waals surface area contributed by atoms with Gasteiger partial charge in [0.1, 0.15) is 17.3 Å². The van der Waals surface area contributed by atoms with Crippen molar-refractivity contribution < 1.29 is 13.6 Å². The zero-order valence-corrected chi connectivity index (χ0v) is 14.6. The van der Waals surface area contributed by atoms with Crippen LogP contribution in [0.5, 0.6) is 0 Å². The zero-order chi connectivity index (χ0) is 18.1. The first-order valence-electron chi connectivity index (χ1n) is 7.47. The molecule has 1 unspecified atom stereocenters. The molecule has 1 amide bonds. The number of nitrogens with one attached hydrogen (secondary N) is 1. The van der Waals surface area contributed by atoms with E-state index >= 15 is 0 Å². The number of amides is 1. The molecule has 0 saturated carbocycles. The molecule has 25 heavy (non-hydrogen) atoms. The van der Waals surface area contributed by atoms with Crippen LogP contribution in [-0.2, 0) is 4.79 Å². The summed E-state index contributed by atoms with van der Waals surface area (Å²) >= 11 is 1.08. The predicted molar refractivity (Wildman–Crippen MR) is 90.6 cm³/mol. The molecular formula is C16H15F2N5OS. The van der Waals surface area contributed by atoms with E-state index in [1.165, 1.54) is 6.07 Å². The average Bonchev–Trinajstić information content (AvgIpc) is 2.93. The van der Waals surface area contributed by atoms with Crippen molar-refractivity contribution in [3.8, 4) is 0 Å². The van der Waals surface area contributed by atoms with Crippen molar-refractivity contribution in [2.45, 2.75) is 31.2 Å². The number of rotatable bonds is 4. The summed E-state index contributed by atoms with van der Waals surface area (Å²) in [6.07, 6.45) is 0.